The number of carbonyl (C=O) groups is 2. The van der Waals surface area contributed by atoms with E-state index in [2.05, 4.69) is 5.32 Å². The molecule has 0 aliphatic rings. The van der Waals surface area contributed by atoms with Crippen LogP contribution in [0.2, 0.25) is 0 Å². The largest absolute Gasteiger partial charge is 0.478 e. The van der Waals surface area contributed by atoms with E-state index >= 15 is 0 Å². The monoisotopic (exact) mass is 242 g/mol. The summed E-state index contributed by atoms with van der Waals surface area (Å²) in [6.07, 6.45) is 0. The number of rotatable bonds is 3. The topological polar surface area (TPSA) is 110 Å². The van der Waals surface area contributed by atoms with Gasteiger partial charge in [-0.3, -0.25) is 14.9 Å². The molecule has 0 saturated heterocycles. The predicted octanol–water partition coefficient (Wildman–Crippen LogP) is 1.39. The zero-order valence-electron chi connectivity index (χ0n) is 8.56. The zero-order valence-corrected chi connectivity index (χ0v) is 8.56. The Labute approximate surface area is 94.0 Å². The number of hydrogen-bond donors (Lipinski definition) is 2. The molecule has 1 rings (SSSR count). The van der Waals surface area contributed by atoms with Gasteiger partial charge in [-0.2, -0.15) is 4.39 Å². The molecule has 0 aliphatic heterocycles. The summed E-state index contributed by atoms with van der Waals surface area (Å²) in [5.74, 6) is -3.39. The van der Waals surface area contributed by atoms with Gasteiger partial charge in [-0.1, -0.05) is 0 Å². The van der Waals surface area contributed by atoms with Crippen molar-refractivity contribution < 1.29 is 24.0 Å². The van der Waals surface area contributed by atoms with Crippen molar-refractivity contribution in [1.29, 1.82) is 0 Å². The molecule has 7 nitrogen and oxygen atoms in total. The molecule has 0 radical (unpaired) electrons. The average Bonchev–Trinajstić information content (AvgIpc) is 2.18. The van der Waals surface area contributed by atoms with Crippen molar-refractivity contribution in [2.75, 3.05) is 5.32 Å². The van der Waals surface area contributed by atoms with Gasteiger partial charge in [-0.25, -0.2) is 4.79 Å². The summed E-state index contributed by atoms with van der Waals surface area (Å²) in [5, 5.41) is 21.3. The lowest BCUT2D eigenvalue weighted by atomic mass is 10.1. The SMILES string of the molecule is CC(=O)Nc1cc([N+](=O)[O-])c(F)cc1C(=O)O. The first-order valence-corrected chi connectivity index (χ1v) is 4.31. The van der Waals surface area contributed by atoms with Crippen LogP contribution in [0.1, 0.15) is 17.3 Å². The van der Waals surface area contributed by atoms with Gasteiger partial charge in [0, 0.05) is 13.0 Å². The van der Waals surface area contributed by atoms with E-state index in [0.29, 0.717) is 12.1 Å². The Hall–Kier alpha value is -2.51. The number of nitrogens with zero attached hydrogens (tertiary/aromatic N) is 1. The normalized spacial score (nSPS) is 9.76. The molecule has 0 unspecified atom stereocenters. The number of carboxylic acids is 1. The average molecular weight is 242 g/mol. The van der Waals surface area contributed by atoms with Crippen LogP contribution in [-0.2, 0) is 4.79 Å². The van der Waals surface area contributed by atoms with E-state index in [1.54, 1.807) is 0 Å². The Morgan fingerprint density at radius 3 is 2.47 bits per heavy atom. The lowest BCUT2D eigenvalue weighted by Gasteiger charge is -2.06. The quantitative estimate of drug-likeness (QED) is 0.614. The number of aromatic carboxylic acids is 1. The molecule has 0 aliphatic carbocycles. The number of nitro groups is 1. The fraction of sp³-hybridized carbons (Fsp3) is 0.111. The smallest absolute Gasteiger partial charge is 0.337 e. The minimum absolute atomic E-state index is 0.321. The van der Waals surface area contributed by atoms with Crippen molar-refractivity contribution in [2.45, 2.75) is 6.92 Å². The van der Waals surface area contributed by atoms with Gasteiger partial charge in [0.15, 0.2) is 0 Å². The van der Waals surface area contributed by atoms with Crippen molar-refractivity contribution in [3.63, 3.8) is 0 Å². The summed E-state index contributed by atoms with van der Waals surface area (Å²) in [7, 11) is 0. The fourth-order valence-electron chi connectivity index (χ4n) is 1.17. The Morgan fingerprint density at radius 2 is 2.06 bits per heavy atom. The molecule has 1 aromatic carbocycles. The molecular formula is C9H7FN2O5. The highest BCUT2D eigenvalue weighted by Gasteiger charge is 2.21. The zero-order chi connectivity index (χ0) is 13.2. The second-order valence-electron chi connectivity index (χ2n) is 3.09. The van der Waals surface area contributed by atoms with Crippen LogP contribution in [0, 0.1) is 15.9 Å². The summed E-state index contributed by atoms with van der Waals surface area (Å²) in [6.45, 7) is 1.10. The molecule has 17 heavy (non-hydrogen) atoms. The summed E-state index contributed by atoms with van der Waals surface area (Å²) >= 11 is 0. The Bertz CT molecular complexity index is 514. The van der Waals surface area contributed by atoms with Crippen molar-refractivity contribution >= 4 is 23.3 Å². The number of nitro benzene ring substituents is 1. The third kappa shape index (κ3) is 2.74. The Kier molecular flexibility index (Phi) is 3.37. The Balaban J connectivity index is 3.41. The maximum atomic E-state index is 13.2. The van der Waals surface area contributed by atoms with Gasteiger partial charge in [-0.05, 0) is 6.07 Å². The van der Waals surface area contributed by atoms with E-state index < -0.39 is 33.9 Å². The molecule has 0 aromatic heterocycles. The molecule has 1 aromatic rings. The third-order valence-corrected chi connectivity index (χ3v) is 1.82. The van der Waals surface area contributed by atoms with E-state index in [9.17, 15) is 24.1 Å². The number of carboxylic acid groups (broad SMARTS) is 1. The highest BCUT2D eigenvalue weighted by Crippen LogP contribution is 2.26. The number of carbonyl (C=O) groups excluding carboxylic acids is 1. The van der Waals surface area contributed by atoms with Crippen molar-refractivity contribution in [2.24, 2.45) is 0 Å². The van der Waals surface area contributed by atoms with E-state index in [0.717, 1.165) is 6.92 Å². The molecule has 90 valence electrons. The first-order valence-electron chi connectivity index (χ1n) is 4.31. The summed E-state index contributed by atoms with van der Waals surface area (Å²) < 4.78 is 13.2. The van der Waals surface area contributed by atoms with Gasteiger partial charge >= 0.3 is 11.7 Å². The summed E-state index contributed by atoms with van der Waals surface area (Å²) in [6, 6.07) is 1.16. The van der Waals surface area contributed by atoms with Crippen molar-refractivity contribution in [3.05, 3.63) is 33.6 Å². The van der Waals surface area contributed by atoms with Crippen LogP contribution in [0.3, 0.4) is 0 Å². The highest BCUT2D eigenvalue weighted by atomic mass is 19.1. The van der Waals surface area contributed by atoms with Crippen molar-refractivity contribution in [1.82, 2.24) is 0 Å². The van der Waals surface area contributed by atoms with Gasteiger partial charge in [-0.15, -0.1) is 0 Å². The molecule has 0 spiro atoms. The predicted molar refractivity (Wildman–Crippen MR) is 54.3 cm³/mol. The fourth-order valence-corrected chi connectivity index (χ4v) is 1.17. The molecule has 0 heterocycles. The van der Waals surface area contributed by atoms with E-state index in [1.807, 2.05) is 0 Å². The number of halogens is 1. The highest BCUT2D eigenvalue weighted by molar-refractivity contribution is 6.00. The van der Waals surface area contributed by atoms with Crippen LogP contribution < -0.4 is 5.32 Å². The standard InChI is InChI=1S/C9H7FN2O5/c1-4(13)11-7-3-8(12(16)17)6(10)2-5(7)9(14)15/h2-3H,1H3,(H,11,13)(H,14,15). The molecular weight excluding hydrogens is 235 g/mol. The lowest BCUT2D eigenvalue weighted by molar-refractivity contribution is -0.387. The molecule has 0 fully saturated rings. The first-order chi connectivity index (χ1) is 7.82. The summed E-state index contributed by atoms with van der Waals surface area (Å²) in [4.78, 5) is 31.0. The minimum atomic E-state index is -1.50. The van der Waals surface area contributed by atoms with Gasteiger partial charge in [0.05, 0.1) is 16.2 Å². The molecule has 8 heteroatoms. The van der Waals surface area contributed by atoms with E-state index in [-0.39, 0.29) is 5.69 Å². The van der Waals surface area contributed by atoms with Crippen LogP contribution >= 0.6 is 0 Å². The molecule has 0 saturated carbocycles. The Morgan fingerprint density at radius 1 is 1.47 bits per heavy atom. The second kappa shape index (κ2) is 4.56. The van der Waals surface area contributed by atoms with Crippen LogP contribution in [0.15, 0.2) is 12.1 Å². The van der Waals surface area contributed by atoms with Crippen LogP contribution in [0.4, 0.5) is 15.8 Å². The molecule has 2 N–H and O–H groups in total. The molecule has 0 atom stereocenters. The van der Waals surface area contributed by atoms with Gasteiger partial charge in [0.2, 0.25) is 11.7 Å². The second-order valence-corrected chi connectivity index (χ2v) is 3.09. The van der Waals surface area contributed by atoms with E-state index in [4.69, 9.17) is 5.11 Å². The first kappa shape index (κ1) is 12.6. The van der Waals surface area contributed by atoms with E-state index in [1.165, 1.54) is 0 Å². The number of amides is 1. The lowest BCUT2D eigenvalue weighted by Crippen LogP contribution is -2.12. The third-order valence-electron chi connectivity index (χ3n) is 1.82. The van der Waals surface area contributed by atoms with Gasteiger partial charge in [0.1, 0.15) is 0 Å². The maximum absolute atomic E-state index is 13.2. The minimum Gasteiger partial charge on any atom is -0.478 e. The maximum Gasteiger partial charge on any atom is 0.337 e. The van der Waals surface area contributed by atoms with Crippen LogP contribution in [-0.4, -0.2) is 21.9 Å². The number of nitrogens with one attached hydrogen (secondary N) is 1. The number of anilines is 1. The van der Waals surface area contributed by atoms with Gasteiger partial charge < -0.3 is 10.4 Å². The molecule has 0 bridgehead atoms. The number of hydrogen-bond acceptors (Lipinski definition) is 4. The van der Waals surface area contributed by atoms with Crippen LogP contribution in [0.25, 0.3) is 0 Å². The van der Waals surface area contributed by atoms with Gasteiger partial charge in [0.25, 0.3) is 0 Å². The van der Waals surface area contributed by atoms with Crippen LogP contribution in [0.5, 0.6) is 0 Å². The summed E-state index contributed by atoms with van der Waals surface area (Å²) in [5.41, 5.74) is -1.78. The molecule has 1 amide bonds. The number of benzene rings is 1. The van der Waals surface area contributed by atoms with Crippen molar-refractivity contribution in [3.8, 4) is 0 Å².